The van der Waals surface area contributed by atoms with Crippen LogP contribution in [0.25, 0.3) is 0 Å². The molecule has 0 aromatic heterocycles. The van der Waals surface area contributed by atoms with Crippen molar-refractivity contribution in [3.63, 3.8) is 0 Å². The van der Waals surface area contributed by atoms with Gasteiger partial charge in [-0.2, -0.15) is 0 Å². The molecule has 0 atom stereocenters. The van der Waals surface area contributed by atoms with Crippen LogP contribution < -0.4 is 5.73 Å². The van der Waals surface area contributed by atoms with Crippen LogP contribution >= 0.6 is 0 Å². The number of esters is 1. The molecule has 0 amide bonds. The summed E-state index contributed by atoms with van der Waals surface area (Å²) in [5, 5.41) is 0. The number of nitrogens with two attached hydrogens (primary N) is 1. The van der Waals surface area contributed by atoms with Gasteiger partial charge in [-0.05, 0) is 19.4 Å². The number of carbonyl (C=O) groups is 2. The first-order valence-corrected chi connectivity index (χ1v) is 5.62. The summed E-state index contributed by atoms with van der Waals surface area (Å²) in [6, 6.07) is 0. The SMILES string of the molecule is CCCCCCOC(=O)C(=O)CCCN. The average molecular weight is 215 g/mol. The third-order valence-electron chi connectivity index (χ3n) is 2.07. The largest absolute Gasteiger partial charge is 0.460 e. The van der Waals surface area contributed by atoms with Gasteiger partial charge in [-0.25, -0.2) is 4.79 Å². The zero-order valence-corrected chi connectivity index (χ0v) is 9.46. The molecule has 88 valence electrons. The van der Waals surface area contributed by atoms with E-state index in [4.69, 9.17) is 10.5 Å². The van der Waals surface area contributed by atoms with Gasteiger partial charge in [0.1, 0.15) is 0 Å². The zero-order valence-electron chi connectivity index (χ0n) is 9.46. The van der Waals surface area contributed by atoms with Crippen LogP contribution in [0, 0.1) is 0 Å². The fraction of sp³-hybridized carbons (Fsp3) is 0.818. The maximum Gasteiger partial charge on any atom is 0.374 e. The van der Waals surface area contributed by atoms with Gasteiger partial charge < -0.3 is 10.5 Å². The highest BCUT2D eigenvalue weighted by molar-refractivity contribution is 6.33. The van der Waals surface area contributed by atoms with Crippen molar-refractivity contribution >= 4 is 11.8 Å². The maximum absolute atomic E-state index is 11.1. The van der Waals surface area contributed by atoms with Crippen molar-refractivity contribution in [2.24, 2.45) is 5.73 Å². The summed E-state index contributed by atoms with van der Waals surface area (Å²) in [6.07, 6.45) is 4.90. The van der Waals surface area contributed by atoms with Crippen LogP contribution in [-0.2, 0) is 14.3 Å². The molecule has 0 heterocycles. The zero-order chi connectivity index (χ0) is 11.5. The molecule has 0 saturated heterocycles. The minimum atomic E-state index is -0.708. The molecule has 0 spiro atoms. The lowest BCUT2D eigenvalue weighted by Gasteiger charge is -2.03. The minimum absolute atomic E-state index is 0.199. The minimum Gasteiger partial charge on any atom is -0.460 e. The van der Waals surface area contributed by atoms with E-state index in [1.54, 1.807) is 0 Å². The van der Waals surface area contributed by atoms with E-state index in [1.807, 2.05) is 0 Å². The van der Waals surface area contributed by atoms with Gasteiger partial charge in [-0.3, -0.25) is 4.79 Å². The molecule has 0 aliphatic carbocycles. The first kappa shape index (κ1) is 14.1. The number of hydrogen-bond donors (Lipinski definition) is 1. The fourth-order valence-corrected chi connectivity index (χ4v) is 1.14. The maximum atomic E-state index is 11.1. The number of unbranched alkanes of at least 4 members (excludes halogenated alkanes) is 3. The third kappa shape index (κ3) is 8.12. The predicted molar refractivity (Wildman–Crippen MR) is 58.4 cm³/mol. The van der Waals surface area contributed by atoms with Gasteiger partial charge in [0.05, 0.1) is 6.61 Å². The number of rotatable bonds is 9. The number of carbonyl (C=O) groups excluding carboxylic acids is 2. The lowest BCUT2D eigenvalue weighted by molar-refractivity contribution is -0.154. The fourth-order valence-electron chi connectivity index (χ4n) is 1.14. The molecular weight excluding hydrogens is 194 g/mol. The van der Waals surface area contributed by atoms with E-state index >= 15 is 0 Å². The van der Waals surface area contributed by atoms with E-state index in [-0.39, 0.29) is 6.42 Å². The van der Waals surface area contributed by atoms with E-state index in [0.717, 1.165) is 25.7 Å². The van der Waals surface area contributed by atoms with Gasteiger partial charge in [-0.15, -0.1) is 0 Å². The highest BCUT2D eigenvalue weighted by Gasteiger charge is 2.13. The van der Waals surface area contributed by atoms with Crippen LogP contribution in [0.15, 0.2) is 0 Å². The molecule has 0 fully saturated rings. The summed E-state index contributed by atoms with van der Waals surface area (Å²) in [4.78, 5) is 22.2. The first-order chi connectivity index (χ1) is 7.22. The van der Waals surface area contributed by atoms with E-state index in [1.165, 1.54) is 0 Å². The Morgan fingerprint density at radius 3 is 2.47 bits per heavy atom. The molecular formula is C11H21NO3. The van der Waals surface area contributed by atoms with Crippen molar-refractivity contribution in [3.05, 3.63) is 0 Å². The predicted octanol–water partition coefficient (Wildman–Crippen LogP) is 1.42. The Morgan fingerprint density at radius 2 is 1.87 bits per heavy atom. The van der Waals surface area contributed by atoms with E-state index in [0.29, 0.717) is 19.6 Å². The van der Waals surface area contributed by atoms with Crippen LogP contribution in [0.4, 0.5) is 0 Å². The Hall–Kier alpha value is -0.900. The molecule has 0 unspecified atom stereocenters. The molecule has 4 heteroatoms. The summed E-state index contributed by atoms with van der Waals surface area (Å²) in [6.45, 7) is 2.89. The summed E-state index contributed by atoms with van der Waals surface area (Å²) >= 11 is 0. The van der Waals surface area contributed by atoms with Gasteiger partial charge >= 0.3 is 5.97 Å². The number of hydrogen-bond acceptors (Lipinski definition) is 4. The summed E-state index contributed by atoms with van der Waals surface area (Å²) in [7, 11) is 0. The number of ether oxygens (including phenoxy) is 1. The lowest BCUT2D eigenvalue weighted by Crippen LogP contribution is -2.18. The van der Waals surface area contributed by atoms with E-state index in [2.05, 4.69) is 6.92 Å². The summed E-state index contributed by atoms with van der Waals surface area (Å²) in [5.74, 6) is -1.17. The van der Waals surface area contributed by atoms with Gasteiger partial charge in [0.2, 0.25) is 5.78 Å². The molecule has 15 heavy (non-hydrogen) atoms. The highest BCUT2D eigenvalue weighted by Crippen LogP contribution is 2.00. The Labute approximate surface area is 91.2 Å². The van der Waals surface area contributed by atoms with Crippen molar-refractivity contribution in [3.8, 4) is 0 Å². The first-order valence-electron chi connectivity index (χ1n) is 5.62. The van der Waals surface area contributed by atoms with Crippen molar-refractivity contribution in [1.82, 2.24) is 0 Å². The van der Waals surface area contributed by atoms with Crippen LogP contribution in [0.2, 0.25) is 0 Å². The molecule has 0 radical (unpaired) electrons. The van der Waals surface area contributed by atoms with E-state index < -0.39 is 11.8 Å². The normalized spacial score (nSPS) is 10.0. The summed E-state index contributed by atoms with van der Waals surface area (Å²) < 4.78 is 4.82. The van der Waals surface area contributed by atoms with Gasteiger partial charge in [0, 0.05) is 6.42 Å². The average Bonchev–Trinajstić information content (AvgIpc) is 2.25. The highest BCUT2D eigenvalue weighted by atomic mass is 16.5. The van der Waals surface area contributed by atoms with Crippen LogP contribution in [0.1, 0.15) is 45.4 Å². The Balaban J connectivity index is 3.43. The van der Waals surface area contributed by atoms with Crippen molar-refractivity contribution in [1.29, 1.82) is 0 Å². The Bertz CT molecular complexity index is 192. The second kappa shape index (κ2) is 9.65. The molecule has 0 aliphatic heterocycles. The van der Waals surface area contributed by atoms with Crippen molar-refractivity contribution in [2.75, 3.05) is 13.2 Å². The quantitative estimate of drug-likeness (QED) is 0.359. The second-order valence-electron chi connectivity index (χ2n) is 3.51. The molecule has 0 aromatic carbocycles. The van der Waals surface area contributed by atoms with Gasteiger partial charge in [0.15, 0.2) is 0 Å². The van der Waals surface area contributed by atoms with Crippen molar-refractivity contribution in [2.45, 2.75) is 45.4 Å². The molecule has 0 aromatic rings. The molecule has 0 aliphatic rings. The van der Waals surface area contributed by atoms with Crippen LogP contribution in [0.3, 0.4) is 0 Å². The Kier molecular flexibility index (Phi) is 9.07. The topological polar surface area (TPSA) is 69.4 Å². The molecule has 4 nitrogen and oxygen atoms in total. The van der Waals surface area contributed by atoms with Crippen molar-refractivity contribution < 1.29 is 14.3 Å². The standard InChI is InChI=1S/C11H21NO3/c1-2-3-4-5-9-15-11(14)10(13)7-6-8-12/h2-9,12H2,1H3. The molecule has 0 bridgehead atoms. The number of Topliss-reactive ketones (excluding diaryl/α,β-unsaturated/α-hetero) is 1. The smallest absolute Gasteiger partial charge is 0.374 e. The molecule has 2 N–H and O–H groups in total. The monoisotopic (exact) mass is 215 g/mol. The van der Waals surface area contributed by atoms with Gasteiger partial charge in [0.25, 0.3) is 0 Å². The summed E-state index contributed by atoms with van der Waals surface area (Å²) in [5.41, 5.74) is 5.23. The van der Waals surface area contributed by atoms with Gasteiger partial charge in [-0.1, -0.05) is 26.2 Å². The second-order valence-corrected chi connectivity index (χ2v) is 3.51. The number of ketones is 1. The van der Waals surface area contributed by atoms with Crippen LogP contribution in [0.5, 0.6) is 0 Å². The van der Waals surface area contributed by atoms with E-state index in [9.17, 15) is 9.59 Å². The lowest BCUT2D eigenvalue weighted by atomic mass is 10.2. The molecule has 0 rings (SSSR count). The van der Waals surface area contributed by atoms with Crippen LogP contribution in [-0.4, -0.2) is 24.9 Å². The third-order valence-corrected chi connectivity index (χ3v) is 2.07. The molecule has 0 saturated carbocycles. The Morgan fingerprint density at radius 1 is 1.13 bits per heavy atom.